The lowest BCUT2D eigenvalue weighted by molar-refractivity contribution is 0.0699. The van der Waals surface area contributed by atoms with Gasteiger partial charge >= 0.3 is 0 Å². The number of nitrogens with one attached hydrogen (secondary N) is 1. The Hall–Kier alpha value is -1.00. The summed E-state index contributed by atoms with van der Waals surface area (Å²) in [7, 11) is 0. The van der Waals surface area contributed by atoms with Gasteiger partial charge in [0.05, 0.1) is 6.54 Å². The van der Waals surface area contributed by atoms with E-state index in [-0.39, 0.29) is 0 Å². The maximum absolute atomic E-state index is 4.39. The van der Waals surface area contributed by atoms with Crippen LogP contribution in [0.25, 0.3) is 0 Å². The molecule has 0 bridgehead atoms. The zero-order valence-electron chi connectivity index (χ0n) is 13.2. The Morgan fingerprint density at radius 2 is 2.00 bits per heavy atom. The van der Waals surface area contributed by atoms with E-state index in [0.717, 1.165) is 25.5 Å². The summed E-state index contributed by atoms with van der Waals surface area (Å²) >= 11 is 0. The molecule has 112 valence electrons. The van der Waals surface area contributed by atoms with E-state index >= 15 is 0 Å². The fourth-order valence-corrected chi connectivity index (χ4v) is 2.91. The van der Waals surface area contributed by atoms with Crippen molar-refractivity contribution in [2.24, 2.45) is 11.8 Å². The molecule has 1 saturated heterocycles. The van der Waals surface area contributed by atoms with Crippen molar-refractivity contribution in [2.45, 2.75) is 52.7 Å². The quantitative estimate of drug-likeness (QED) is 0.896. The van der Waals surface area contributed by atoms with Crippen LogP contribution in [0.2, 0.25) is 0 Å². The van der Waals surface area contributed by atoms with Gasteiger partial charge in [0.15, 0.2) is 0 Å². The lowest BCUT2D eigenvalue weighted by atomic mass is 9.92. The fourth-order valence-electron chi connectivity index (χ4n) is 2.91. The molecular formula is C16H28N4. The molecule has 1 N–H and O–H groups in total. The van der Waals surface area contributed by atoms with Crippen molar-refractivity contribution in [2.75, 3.05) is 13.1 Å². The molecule has 3 unspecified atom stereocenters. The first-order valence-electron chi connectivity index (χ1n) is 7.85. The molecule has 20 heavy (non-hydrogen) atoms. The number of piperazine rings is 1. The maximum Gasteiger partial charge on any atom is 0.142 e. The summed E-state index contributed by atoms with van der Waals surface area (Å²) < 4.78 is 0. The first-order chi connectivity index (χ1) is 9.61. The van der Waals surface area contributed by atoms with Gasteiger partial charge in [0.2, 0.25) is 0 Å². The normalized spacial score (nSPS) is 25.9. The van der Waals surface area contributed by atoms with Crippen LogP contribution in [-0.4, -0.2) is 40.0 Å². The Balaban J connectivity index is 2.09. The molecule has 4 nitrogen and oxygen atoms in total. The summed E-state index contributed by atoms with van der Waals surface area (Å²) in [6, 6.07) is 3.03. The highest BCUT2D eigenvalue weighted by molar-refractivity contribution is 4.94. The van der Waals surface area contributed by atoms with E-state index in [1.54, 1.807) is 0 Å². The molecule has 0 saturated carbocycles. The number of nitrogens with zero attached hydrogens (tertiary/aromatic N) is 3. The fraction of sp³-hybridized carbons (Fsp3) is 0.750. The maximum atomic E-state index is 4.39. The van der Waals surface area contributed by atoms with E-state index in [2.05, 4.69) is 47.9 Å². The van der Waals surface area contributed by atoms with Gasteiger partial charge in [-0.15, -0.1) is 0 Å². The lowest BCUT2D eigenvalue weighted by Crippen LogP contribution is -2.59. The first-order valence-corrected chi connectivity index (χ1v) is 7.85. The minimum atomic E-state index is 0.569. The summed E-state index contributed by atoms with van der Waals surface area (Å²) in [6.45, 7) is 12.2. The summed E-state index contributed by atoms with van der Waals surface area (Å²) in [5.41, 5.74) is 0. The van der Waals surface area contributed by atoms with E-state index < -0.39 is 0 Å². The predicted molar refractivity (Wildman–Crippen MR) is 82.3 cm³/mol. The van der Waals surface area contributed by atoms with Crippen molar-refractivity contribution < 1.29 is 0 Å². The van der Waals surface area contributed by atoms with Gasteiger partial charge in [-0.05, 0) is 17.9 Å². The highest BCUT2D eigenvalue weighted by atomic mass is 15.2. The molecule has 0 spiro atoms. The van der Waals surface area contributed by atoms with Crippen LogP contribution in [0.5, 0.6) is 0 Å². The molecule has 0 radical (unpaired) electrons. The average Bonchev–Trinajstić information content (AvgIpc) is 2.47. The average molecular weight is 276 g/mol. The van der Waals surface area contributed by atoms with Crippen LogP contribution < -0.4 is 5.32 Å². The molecule has 4 heteroatoms. The van der Waals surface area contributed by atoms with Crippen molar-refractivity contribution >= 4 is 0 Å². The molecule has 2 heterocycles. The lowest BCUT2D eigenvalue weighted by Gasteiger charge is -2.44. The Bertz CT molecular complexity index is 393. The Morgan fingerprint density at radius 3 is 2.60 bits per heavy atom. The number of hydrogen-bond acceptors (Lipinski definition) is 4. The highest BCUT2D eigenvalue weighted by Gasteiger charge is 2.32. The standard InChI is InChI=1S/C16H28N4/c1-5-13(4)15-9-19-14(12(2)3)10-20(15)11-16-17-7-6-8-18-16/h6-8,12-15,19H,5,9-11H2,1-4H3. The minimum Gasteiger partial charge on any atom is -0.311 e. The van der Waals surface area contributed by atoms with Crippen LogP contribution in [0, 0.1) is 11.8 Å². The molecule has 2 rings (SSSR count). The van der Waals surface area contributed by atoms with Gasteiger partial charge in [0.25, 0.3) is 0 Å². The molecule has 1 aromatic rings. The van der Waals surface area contributed by atoms with Crippen molar-refractivity contribution in [1.29, 1.82) is 0 Å². The van der Waals surface area contributed by atoms with Gasteiger partial charge in [-0.3, -0.25) is 4.90 Å². The van der Waals surface area contributed by atoms with Gasteiger partial charge in [-0.1, -0.05) is 34.1 Å². The van der Waals surface area contributed by atoms with Crippen molar-refractivity contribution in [3.8, 4) is 0 Å². The summed E-state index contributed by atoms with van der Waals surface area (Å²) in [4.78, 5) is 11.4. The SMILES string of the molecule is CCC(C)C1CNC(C(C)C)CN1Cc1ncccn1. The zero-order chi connectivity index (χ0) is 14.5. The van der Waals surface area contributed by atoms with Crippen LogP contribution in [0.3, 0.4) is 0 Å². The van der Waals surface area contributed by atoms with E-state index in [0.29, 0.717) is 23.9 Å². The van der Waals surface area contributed by atoms with E-state index in [4.69, 9.17) is 0 Å². The van der Waals surface area contributed by atoms with Crippen LogP contribution in [-0.2, 0) is 6.54 Å². The number of hydrogen-bond donors (Lipinski definition) is 1. The Labute approximate surface area is 123 Å². The van der Waals surface area contributed by atoms with Crippen LogP contribution in [0.4, 0.5) is 0 Å². The minimum absolute atomic E-state index is 0.569. The van der Waals surface area contributed by atoms with Gasteiger partial charge in [0.1, 0.15) is 5.82 Å². The van der Waals surface area contributed by atoms with Gasteiger partial charge in [0, 0.05) is 37.6 Å². The third-order valence-electron chi connectivity index (χ3n) is 4.56. The predicted octanol–water partition coefficient (Wildman–Crippen LogP) is 2.32. The van der Waals surface area contributed by atoms with E-state index in [1.807, 2.05) is 18.5 Å². The Morgan fingerprint density at radius 1 is 1.30 bits per heavy atom. The number of rotatable bonds is 5. The molecule has 1 aliphatic heterocycles. The third-order valence-corrected chi connectivity index (χ3v) is 4.56. The second-order valence-corrected chi connectivity index (χ2v) is 6.31. The Kier molecular flexibility index (Phi) is 5.49. The van der Waals surface area contributed by atoms with Crippen LogP contribution >= 0.6 is 0 Å². The monoisotopic (exact) mass is 276 g/mol. The van der Waals surface area contributed by atoms with E-state index in [1.165, 1.54) is 6.42 Å². The van der Waals surface area contributed by atoms with Crippen molar-refractivity contribution in [3.63, 3.8) is 0 Å². The van der Waals surface area contributed by atoms with Gasteiger partial charge in [-0.25, -0.2) is 9.97 Å². The largest absolute Gasteiger partial charge is 0.311 e. The third kappa shape index (κ3) is 3.76. The molecule has 3 atom stereocenters. The summed E-state index contributed by atoms with van der Waals surface area (Å²) in [6.07, 6.45) is 4.89. The smallest absolute Gasteiger partial charge is 0.142 e. The van der Waals surface area contributed by atoms with Gasteiger partial charge < -0.3 is 5.32 Å². The second-order valence-electron chi connectivity index (χ2n) is 6.31. The molecule has 0 amide bonds. The van der Waals surface area contributed by atoms with Crippen molar-refractivity contribution in [1.82, 2.24) is 20.2 Å². The zero-order valence-corrected chi connectivity index (χ0v) is 13.2. The summed E-state index contributed by atoms with van der Waals surface area (Å²) in [5, 5.41) is 3.72. The van der Waals surface area contributed by atoms with Gasteiger partial charge in [-0.2, -0.15) is 0 Å². The number of aromatic nitrogens is 2. The molecular weight excluding hydrogens is 248 g/mol. The van der Waals surface area contributed by atoms with Crippen molar-refractivity contribution in [3.05, 3.63) is 24.3 Å². The van der Waals surface area contributed by atoms with Crippen LogP contribution in [0.1, 0.15) is 39.9 Å². The molecule has 1 aromatic heterocycles. The first kappa shape index (κ1) is 15.4. The van der Waals surface area contributed by atoms with E-state index in [9.17, 15) is 0 Å². The highest BCUT2D eigenvalue weighted by Crippen LogP contribution is 2.21. The summed E-state index contributed by atoms with van der Waals surface area (Å²) in [5.74, 6) is 2.29. The van der Waals surface area contributed by atoms with Crippen LogP contribution in [0.15, 0.2) is 18.5 Å². The molecule has 0 aliphatic carbocycles. The molecule has 0 aromatic carbocycles. The molecule has 1 aliphatic rings. The molecule has 1 fully saturated rings. The second kappa shape index (κ2) is 7.14. The topological polar surface area (TPSA) is 41.0 Å².